The zero-order valence-corrected chi connectivity index (χ0v) is 12.3. The minimum Gasteiger partial charge on any atom is -0.481 e. The Hall–Kier alpha value is -1.63. The number of aryl methyl sites for hydroxylation is 1. The first-order chi connectivity index (χ1) is 9.56. The molecule has 0 bridgehead atoms. The molecule has 1 amide bonds. The minimum atomic E-state index is -0.829. The van der Waals surface area contributed by atoms with E-state index in [1.807, 2.05) is 17.2 Å². The van der Waals surface area contributed by atoms with E-state index >= 15 is 0 Å². The van der Waals surface area contributed by atoms with Gasteiger partial charge in [-0.3, -0.25) is 9.59 Å². The van der Waals surface area contributed by atoms with E-state index in [0.29, 0.717) is 11.6 Å². The summed E-state index contributed by atoms with van der Waals surface area (Å²) in [4.78, 5) is 28.8. The first-order valence-corrected chi connectivity index (χ1v) is 7.66. The second-order valence-electron chi connectivity index (χ2n) is 4.94. The van der Waals surface area contributed by atoms with Gasteiger partial charge in [-0.25, -0.2) is 4.98 Å². The van der Waals surface area contributed by atoms with Crippen LogP contribution in [0.1, 0.15) is 31.9 Å². The number of hydrogen-bond donors (Lipinski definition) is 2. The normalized spacial score (nSPS) is 16.1. The second kappa shape index (κ2) is 6.69. The predicted octanol–water partition coefficient (Wildman–Crippen LogP) is 1.58. The summed E-state index contributed by atoms with van der Waals surface area (Å²) in [6.07, 6.45) is 2.65. The Kier molecular flexibility index (Phi) is 4.94. The van der Waals surface area contributed by atoms with Gasteiger partial charge in [0.05, 0.1) is 12.1 Å². The molecule has 2 rings (SSSR count). The van der Waals surface area contributed by atoms with Crippen molar-refractivity contribution in [1.29, 1.82) is 0 Å². The van der Waals surface area contributed by atoms with Gasteiger partial charge in [0.15, 0.2) is 5.13 Å². The number of nitrogens with zero attached hydrogens (tertiary/aromatic N) is 2. The summed E-state index contributed by atoms with van der Waals surface area (Å²) in [6, 6.07) is -0.299. The molecule has 1 fully saturated rings. The van der Waals surface area contributed by atoms with E-state index in [4.69, 9.17) is 5.11 Å². The molecule has 1 aromatic rings. The van der Waals surface area contributed by atoms with Gasteiger partial charge < -0.3 is 15.3 Å². The average molecular weight is 297 g/mol. The van der Waals surface area contributed by atoms with Gasteiger partial charge in [0.25, 0.3) is 0 Å². The highest BCUT2D eigenvalue weighted by molar-refractivity contribution is 7.13. The van der Waals surface area contributed by atoms with Crippen LogP contribution >= 0.6 is 11.3 Å². The molecule has 6 nitrogen and oxygen atoms in total. The Balaban J connectivity index is 1.85. The van der Waals surface area contributed by atoms with Crippen molar-refractivity contribution >= 4 is 28.3 Å². The van der Waals surface area contributed by atoms with E-state index in [1.165, 1.54) is 11.3 Å². The summed E-state index contributed by atoms with van der Waals surface area (Å²) in [5, 5.41) is 14.2. The fourth-order valence-electron chi connectivity index (χ4n) is 2.18. The third kappa shape index (κ3) is 3.93. The molecule has 1 aliphatic heterocycles. The van der Waals surface area contributed by atoms with Crippen LogP contribution < -0.4 is 5.32 Å². The van der Waals surface area contributed by atoms with Crippen LogP contribution in [0.15, 0.2) is 5.38 Å². The second-order valence-corrected chi connectivity index (χ2v) is 5.79. The summed E-state index contributed by atoms with van der Waals surface area (Å²) in [7, 11) is 0. The third-order valence-corrected chi connectivity index (χ3v) is 4.10. The fourth-order valence-corrected chi connectivity index (χ4v) is 3.01. The number of likely N-dealkylation sites (tertiary alicyclic amines) is 1. The molecule has 110 valence electrons. The molecule has 0 saturated carbocycles. The molecule has 1 aliphatic rings. The Morgan fingerprint density at radius 2 is 2.20 bits per heavy atom. The highest BCUT2D eigenvalue weighted by Crippen LogP contribution is 2.18. The van der Waals surface area contributed by atoms with Gasteiger partial charge in [0, 0.05) is 24.9 Å². The molecule has 0 spiro atoms. The van der Waals surface area contributed by atoms with Crippen molar-refractivity contribution in [3.8, 4) is 0 Å². The van der Waals surface area contributed by atoms with Gasteiger partial charge in [0.2, 0.25) is 5.91 Å². The Bertz CT molecular complexity index is 483. The van der Waals surface area contributed by atoms with Crippen molar-refractivity contribution in [1.82, 2.24) is 9.88 Å². The van der Waals surface area contributed by atoms with Crippen LogP contribution in [0, 0.1) is 0 Å². The molecule has 20 heavy (non-hydrogen) atoms. The van der Waals surface area contributed by atoms with Crippen LogP contribution in [0.3, 0.4) is 0 Å². The number of carboxylic acids is 1. The number of hydrogen-bond acceptors (Lipinski definition) is 5. The SMILES string of the molecule is CC(Nc1nc(CCC(=O)O)cs1)C(=O)N1CCCC1. The van der Waals surface area contributed by atoms with Crippen molar-refractivity contribution in [3.63, 3.8) is 0 Å². The maximum Gasteiger partial charge on any atom is 0.303 e. The topological polar surface area (TPSA) is 82.5 Å². The maximum absolute atomic E-state index is 12.1. The molecular formula is C13H19N3O3S. The number of thiazole rings is 1. The number of carbonyl (C=O) groups is 2. The first-order valence-electron chi connectivity index (χ1n) is 6.78. The Morgan fingerprint density at radius 1 is 1.50 bits per heavy atom. The van der Waals surface area contributed by atoms with Gasteiger partial charge in [0.1, 0.15) is 6.04 Å². The van der Waals surface area contributed by atoms with Gasteiger partial charge >= 0.3 is 5.97 Å². The Morgan fingerprint density at radius 3 is 2.85 bits per heavy atom. The third-order valence-electron chi connectivity index (χ3n) is 3.27. The first kappa shape index (κ1) is 14.8. The Labute approximate surface area is 121 Å². The van der Waals surface area contributed by atoms with Gasteiger partial charge in [-0.15, -0.1) is 11.3 Å². The number of aromatic nitrogens is 1. The van der Waals surface area contributed by atoms with Gasteiger partial charge in [-0.05, 0) is 19.8 Å². The quantitative estimate of drug-likeness (QED) is 0.833. The van der Waals surface area contributed by atoms with E-state index in [-0.39, 0.29) is 18.4 Å². The summed E-state index contributed by atoms with van der Waals surface area (Å²) >= 11 is 1.40. The van der Waals surface area contributed by atoms with E-state index in [2.05, 4.69) is 10.3 Å². The summed E-state index contributed by atoms with van der Waals surface area (Å²) in [6.45, 7) is 3.51. The minimum absolute atomic E-state index is 0.0748. The number of amides is 1. The lowest BCUT2D eigenvalue weighted by atomic mass is 10.2. The van der Waals surface area contributed by atoms with Crippen molar-refractivity contribution in [2.45, 2.75) is 38.6 Å². The van der Waals surface area contributed by atoms with Crippen LogP contribution in [0.25, 0.3) is 0 Å². The fraction of sp³-hybridized carbons (Fsp3) is 0.615. The van der Waals surface area contributed by atoms with Crippen LogP contribution in [0.2, 0.25) is 0 Å². The van der Waals surface area contributed by atoms with Gasteiger partial charge in [-0.1, -0.05) is 0 Å². The lowest BCUT2D eigenvalue weighted by Gasteiger charge is -2.20. The lowest BCUT2D eigenvalue weighted by Crippen LogP contribution is -2.39. The smallest absolute Gasteiger partial charge is 0.303 e. The molecule has 2 N–H and O–H groups in total. The van der Waals surface area contributed by atoms with E-state index in [9.17, 15) is 9.59 Å². The molecular weight excluding hydrogens is 278 g/mol. The van der Waals surface area contributed by atoms with Crippen LogP contribution in [-0.2, 0) is 16.0 Å². The number of anilines is 1. The van der Waals surface area contributed by atoms with E-state index in [0.717, 1.165) is 31.6 Å². The zero-order chi connectivity index (χ0) is 14.5. The van der Waals surface area contributed by atoms with Crippen LogP contribution in [-0.4, -0.2) is 46.0 Å². The maximum atomic E-state index is 12.1. The zero-order valence-electron chi connectivity index (χ0n) is 11.5. The van der Waals surface area contributed by atoms with Gasteiger partial charge in [-0.2, -0.15) is 0 Å². The monoisotopic (exact) mass is 297 g/mol. The van der Waals surface area contributed by atoms with Crippen molar-refractivity contribution in [3.05, 3.63) is 11.1 Å². The highest BCUT2D eigenvalue weighted by Gasteiger charge is 2.23. The largest absolute Gasteiger partial charge is 0.481 e. The molecule has 7 heteroatoms. The van der Waals surface area contributed by atoms with E-state index < -0.39 is 5.97 Å². The molecule has 1 atom stereocenters. The molecule has 0 radical (unpaired) electrons. The van der Waals surface area contributed by atoms with Crippen LogP contribution in [0.4, 0.5) is 5.13 Å². The molecule has 1 aromatic heterocycles. The number of rotatable bonds is 6. The number of aliphatic carboxylic acids is 1. The number of nitrogens with one attached hydrogen (secondary N) is 1. The van der Waals surface area contributed by atoms with Crippen molar-refractivity contribution < 1.29 is 14.7 Å². The lowest BCUT2D eigenvalue weighted by molar-refractivity contribution is -0.137. The van der Waals surface area contributed by atoms with E-state index in [1.54, 1.807) is 0 Å². The van der Waals surface area contributed by atoms with Crippen molar-refractivity contribution in [2.75, 3.05) is 18.4 Å². The molecule has 1 saturated heterocycles. The van der Waals surface area contributed by atoms with Crippen molar-refractivity contribution in [2.24, 2.45) is 0 Å². The predicted molar refractivity (Wildman–Crippen MR) is 77.0 cm³/mol. The average Bonchev–Trinajstić information content (AvgIpc) is 3.06. The summed E-state index contributed by atoms with van der Waals surface area (Å²) < 4.78 is 0. The molecule has 0 aromatic carbocycles. The molecule has 1 unspecified atom stereocenters. The number of carboxylic acid groups (broad SMARTS) is 1. The molecule has 2 heterocycles. The number of carbonyl (C=O) groups excluding carboxylic acids is 1. The summed E-state index contributed by atoms with van der Waals surface area (Å²) in [5.74, 6) is -0.727. The summed E-state index contributed by atoms with van der Waals surface area (Å²) in [5.41, 5.74) is 0.751. The standard InChI is InChI=1S/C13H19N3O3S/c1-9(12(19)16-6-2-3-7-16)14-13-15-10(8-20-13)4-5-11(17)18/h8-9H,2-7H2,1H3,(H,14,15)(H,17,18). The van der Waals surface area contributed by atoms with Crippen LogP contribution in [0.5, 0.6) is 0 Å². The molecule has 0 aliphatic carbocycles. The highest BCUT2D eigenvalue weighted by atomic mass is 32.1.